The Hall–Kier alpha value is -1.63. The Morgan fingerprint density at radius 1 is 1.04 bits per heavy atom. The molecule has 0 saturated carbocycles. The number of hydrogen-bond acceptors (Lipinski definition) is 4. The molecule has 2 aromatic rings. The minimum absolute atomic E-state index is 0. The first-order valence-electron chi connectivity index (χ1n) is 8.23. The van der Waals surface area contributed by atoms with Gasteiger partial charge in [0.15, 0.2) is 0 Å². The number of halogens is 2. The second kappa shape index (κ2) is 11.2. The summed E-state index contributed by atoms with van der Waals surface area (Å²) >= 11 is 0. The number of anilines is 1. The second-order valence-corrected chi connectivity index (χ2v) is 5.96. The maximum atomic E-state index is 12.3. The SMILES string of the molecule is Cl.Cl.NC(C(=O)Nc1ccc(CN2CCOCC2)cc1)c1ccccc1. The highest BCUT2D eigenvalue weighted by Gasteiger charge is 2.15. The Morgan fingerprint density at radius 2 is 1.65 bits per heavy atom. The lowest BCUT2D eigenvalue weighted by Crippen LogP contribution is -2.35. The van der Waals surface area contributed by atoms with Crippen LogP contribution in [-0.2, 0) is 16.1 Å². The number of carbonyl (C=O) groups excluding carboxylic acids is 1. The first kappa shape index (κ1) is 22.4. The third-order valence-electron chi connectivity index (χ3n) is 4.17. The number of carbonyl (C=O) groups is 1. The van der Waals surface area contributed by atoms with Crippen LogP contribution in [0.1, 0.15) is 17.2 Å². The van der Waals surface area contributed by atoms with E-state index in [-0.39, 0.29) is 30.7 Å². The highest BCUT2D eigenvalue weighted by molar-refractivity contribution is 5.95. The van der Waals surface area contributed by atoms with Crippen molar-refractivity contribution in [3.05, 3.63) is 65.7 Å². The fourth-order valence-electron chi connectivity index (χ4n) is 2.74. The molecule has 1 fully saturated rings. The van der Waals surface area contributed by atoms with Gasteiger partial charge in [0.05, 0.1) is 13.2 Å². The Kier molecular flexibility index (Phi) is 9.62. The van der Waals surface area contributed by atoms with Crippen LogP contribution in [0.15, 0.2) is 54.6 Å². The highest BCUT2D eigenvalue weighted by Crippen LogP contribution is 2.16. The van der Waals surface area contributed by atoms with Crippen molar-refractivity contribution in [2.45, 2.75) is 12.6 Å². The molecule has 7 heteroatoms. The van der Waals surface area contributed by atoms with Gasteiger partial charge in [0.25, 0.3) is 0 Å². The fraction of sp³-hybridized carbons (Fsp3) is 0.316. The largest absolute Gasteiger partial charge is 0.379 e. The van der Waals surface area contributed by atoms with Crippen molar-refractivity contribution in [1.82, 2.24) is 4.90 Å². The lowest BCUT2D eigenvalue weighted by Gasteiger charge is -2.26. The van der Waals surface area contributed by atoms with E-state index >= 15 is 0 Å². The first-order valence-corrected chi connectivity index (χ1v) is 8.23. The average Bonchev–Trinajstić information content (AvgIpc) is 2.64. The molecule has 1 aliphatic rings. The van der Waals surface area contributed by atoms with Gasteiger partial charge in [0, 0.05) is 25.3 Å². The van der Waals surface area contributed by atoms with Crippen LogP contribution in [0.25, 0.3) is 0 Å². The molecule has 3 N–H and O–H groups in total. The van der Waals surface area contributed by atoms with Gasteiger partial charge in [-0.3, -0.25) is 9.69 Å². The minimum Gasteiger partial charge on any atom is -0.379 e. The van der Waals surface area contributed by atoms with E-state index in [1.165, 1.54) is 5.56 Å². The third kappa shape index (κ3) is 6.27. The molecule has 142 valence electrons. The van der Waals surface area contributed by atoms with E-state index in [2.05, 4.69) is 10.2 Å². The predicted molar refractivity (Wildman–Crippen MR) is 109 cm³/mol. The standard InChI is InChI=1S/C19H23N3O2.2ClH/c20-18(16-4-2-1-3-5-16)19(23)21-17-8-6-15(7-9-17)14-22-10-12-24-13-11-22;;/h1-9,18H,10-14,20H2,(H,21,23);2*1H. The Labute approximate surface area is 166 Å². The van der Waals surface area contributed by atoms with E-state index in [0.29, 0.717) is 0 Å². The van der Waals surface area contributed by atoms with Gasteiger partial charge in [-0.2, -0.15) is 0 Å². The van der Waals surface area contributed by atoms with Crippen LogP contribution >= 0.6 is 24.8 Å². The van der Waals surface area contributed by atoms with Gasteiger partial charge < -0.3 is 15.8 Å². The van der Waals surface area contributed by atoms with Crippen LogP contribution < -0.4 is 11.1 Å². The normalized spacial score (nSPS) is 15.3. The maximum absolute atomic E-state index is 12.3. The molecular weight excluding hydrogens is 373 g/mol. The fourth-order valence-corrected chi connectivity index (χ4v) is 2.74. The van der Waals surface area contributed by atoms with Crippen molar-refractivity contribution >= 4 is 36.4 Å². The van der Waals surface area contributed by atoms with Crippen LogP contribution in [0.2, 0.25) is 0 Å². The first-order chi connectivity index (χ1) is 11.7. The number of benzene rings is 2. The molecule has 1 aliphatic heterocycles. The summed E-state index contributed by atoms with van der Waals surface area (Å²) in [4.78, 5) is 14.6. The number of nitrogens with zero attached hydrogens (tertiary/aromatic N) is 1. The molecule has 0 spiro atoms. The monoisotopic (exact) mass is 397 g/mol. The summed E-state index contributed by atoms with van der Waals surface area (Å²) in [5, 5.41) is 2.87. The van der Waals surface area contributed by atoms with E-state index in [0.717, 1.165) is 44.1 Å². The smallest absolute Gasteiger partial charge is 0.245 e. The van der Waals surface area contributed by atoms with E-state index < -0.39 is 6.04 Å². The van der Waals surface area contributed by atoms with E-state index in [1.54, 1.807) is 0 Å². The van der Waals surface area contributed by atoms with Crippen molar-refractivity contribution in [2.24, 2.45) is 5.73 Å². The van der Waals surface area contributed by atoms with Gasteiger partial charge in [-0.05, 0) is 23.3 Å². The quantitative estimate of drug-likeness (QED) is 0.813. The number of nitrogens with one attached hydrogen (secondary N) is 1. The summed E-state index contributed by atoms with van der Waals surface area (Å²) < 4.78 is 5.36. The number of morpholine rings is 1. The molecule has 1 amide bonds. The molecule has 26 heavy (non-hydrogen) atoms. The van der Waals surface area contributed by atoms with Gasteiger partial charge in [-0.15, -0.1) is 24.8 Å². The summed E-state index contributed by atoms with van der Waals surface area (Å²) in [5.74, 6) is -0.206. The zero-order valence-electron chi connectivity index (χ0n) is 14.5. The van der Waals surface area contributed by atoms with E-state index in [9.17, 15) is 4.79 Å². The average molecular weight is 398 g/mol. The van der Waals surface area contributed by atoms with E-state index in [1.807, 2.05) is 54.6 Å². The Balaban J connectivity index is 0.00000169. The molecular formula is C19H25Cl2N3O2. The maximum Gasteiger partial charge on any atom is 0.245 e. The molecule has 0 radical (unpaired) electrons. The summed E-state index contributed by atoms with van der Waals surface area (Å²) in [6.45, 7) is 4.42. The Bertz CT molecular complexity index is 662. The number of nitrogens with two attached hydrogens (primary N) is 1. The van der Waals surface area contributed by atoms with Crippen LogP contribution in [-0.4, -0.2) is 37.1 Å². The second-order valence-electron chi connectivity index (χ2n) is 5.96. The predicted octanol–water partition coefficient (Wildman–Crippen LogP) is 3.00. The number of amides is 1. The molecule has 5 nitrogen and oxygen atoms in total. The van der Waals surface area contributed by atoms with Gasteiger partial charge >= 0.3 is 0 Å². The molecule has 0 bridgehead atoms. The minimum atomic E-state index is -0.667. The van der Waals surface area contributed by atoms with Gasteiger partial charge in [0.2, 0.25) is 5.91 Å². The number of rotatable bonds is 5. The van der Waals surface area contributed by atoms with Crippen LogP contribution in [0.3, 0.4) is 0 Å². The lowest BCUT2D eigenvalue weighted by molar-refractivity contribution is -0.117. The van der Waals surface area contributed by atoms with Crippen LogP contribution in [0, 0.1) is 0 Å². The molecule has 0 aromatic heterocycles. The van der Waals surface area contributed by atoms with Crippen LogP contribution in [0.5, 0.6) is 0 Å². The molecule has 1 saturated heterocycles. The molecule has 2 aromatic carbocycles. The van der Waals surface area contributed by atoms with Crippen molar-refractivity contribution in [3.63, 3.8) is 0 Å². The molecule has 3 rings (SSSR count). The van der Waals surface area contributed by atoms with Gasteiger partial charge in [-0.1, -0.05) is 42.5 Å². The van der Waals surface area contributed by atoms with Crippen molar-refractivity contribution in [3.8, 4) is 0 Å². The summed E-state index contributed by atoms with van der Waals surface area (Å²) in [7, 11) is 0. The summed E-state index contributed by atoms with van der Waals surface area (Å²) in [5.41, 5.74) is 8.80. The van der Waals surface area contributed by atoms with Gasteiger partial charge in [-0.25, -0.2) is 0 Å². The third-order valence-corrected chi connectivity index (χ3v) is 4.17. The van der Waals surface area contributed by atoms with Crippen molar-refractivity contribution < 1.29 is 9.53 Å². The van der Waals surface area contributed by atoms with E-state index in [4.69, 9.17) is 10.5 Å². The molecule has 1 heterocycles. The molecule has 0 aliphatic carbocycles. The van der Waals surface area contributed by atoms with Crippen molar-refractivity contribution in [1.29, 1.82) is 0 Å². The summed E-state index contributed by atoms with van der Waals surface area (Å²) in [6.07, 6.45) is 0. The van der Waals surface area contributed by atoms with Crippen molar-refractivity contribution in [2.75, 3.05) is 31.6 Å². The molecule has 1 atom stereocenters. The lowest BCUT2D eigenvalue weighted by atomic mass is 10.1. The topological polar surface area (TPSA) is 67.6 Å². The number of hydrogen-bond donors (Lipinski definition) is 2. The zero-order valence-corrected chi connectivity index (χ0v) is 16.1. The summed E-state index contributed by atoms with van der Waals surface area (Å²) in [6, 6.07) is 16.6. The zero-order chi connectivity index (χ0) is 16.8. The van der Waals surface area contributed by atoms with Crippen LogP contribution in [0.4, 0.5) is 5.69 Å². The molecule has 1 unspecified atom stereocenters. The van der Waals surface area contributed by atoms with Gasteiger partial charge in [0.1, 0.15) is 6.04 Å². The number of ether oxygens (including phenoxy) is 1. The Morgan fingerprint density at radius 3 is 2.27 bits per heavy atom. The highest BCUT2D eigenvalue weighted by atomic mass is 35.5.